The molecule has 0 aliphatic carbocycles. The van der Waals surface area contributed by atoms with Gasteiger partial charge in [0, 0.05) is 31.7 Å². The van der Waals surface area contributed by atoms with Crippen molar-refractivity contribution in [3.63, 3.8) is 0 Å². The smallest absolute Gasteiger partial charge is 0.328 e. The molecule has 0 saturated carbocycles. The van der Waals surface area contributed by atoms with Crippen molar-refractivity contribution in [2.45, 2.75) is 12.5 Å². The number of hydrogen-bond donors (Lipinski definition) is 2. The molecule has 0 spiro atoms. The standard InChI is InChI=1S/C13H16F2N2O2/c1-13(12(18)19,17-6-4-16-5-7-17)10-8-9(14)2-3-11(10)15/h2-3,8,16H,4-7H2,1H3,(H,18,19). The van der Waals surface area contributed by atoms with E-state index in [1.165, 1.54) is 6.92 Å². The minimum Gasteiger partial charge on any atom is -0.480 e. The van der Waals surface area contributed by atoms with Crippen LogP contribution in [0.5, 0.6) is 0 Å². The lowest BCUT2D eigenvalue weighted by Gasteiger charge is -2.40. The van der Waals surface area contributed by atoms with Crippen LogP contribution in [0.2, 0.25) is 0 Å². The first kappa shape index (κ1) is 13.9. The van der Waals surface area contributed by atoms with Gasteiger partial charge in [-0.3, -0.25) is 4.90 Å². The first-order valence-corrected chi connectivity index (χ1v) is 6.11. The molecule has 2 rings (SSSR count). The Hall–Kier alpha value is -1.53. The van der Waals surface area contributed by atoms with Gasteiger partial charge in [0.25, 0.3) is 0 Å². The zero-order chi connectivity index (χ0) is 14.0. The number of carboxylic acid groups (broad SMARTS) is 1. The molecule has 1 unspecified atom stereocenters. The fourth-order valence-electron chi connectivity index (χ4n) is 2.40. The SMILES string of the molecule is CC(C(=O)O)(c1cc(F)ccc1F)N1CCNCC1. The van der Waals surface area contributed by atoms with Crippen LogP contribution >= 0.6 is 0 Å². The van der Waals surface area contributed by atoms with Crippen molar-refractivity contribution < 1.29 is 18.7 Å². The Kier molecular flexibility index (Phi) is 3.82. The van der Waals surface area contributed by atoms with E-state index in [4.69, 9.17) is 0 Å². The summed E-state index contributed by atoms with van der Waals surface area (Å²) >= 11 is 0. The number of halogens is 2. The number of nitrogens with one attached hydrogen (secondary N) is 1. The van der Waals surface area contributed by atoms with Crippen LogP contribution < -0.4 is 5.32 Å². The monoisotopic (exact) mass is 270 g/mol. The number of rotatable bonds is 3. The molecule has 1 aliphatic heterocycles. The van der Waals surface area contributed by atoms with E-state index < -0.39 is 23.1 Å². The van der Waals surface area contributed by atoms with Crippen molar-refractivity contribution in [2.75, 3.05) is 26.2 Å². The average Bonchev–Trinajstić information content (AvgIpc) is 2.41. The molecule has 0 amide bonds. The molecule has 1 fully saturated rings. The van der Waals surface area contributed by atoms with Gasteiger partial charge in [0.2, 0.25) is 0 Å². The number of carbonyl (C=O) groups is 1. The van der Waals surface area contributed by atoms with Crippen molar-refractivity contribution in [3.05, 3.63) is 35.4 Å². The fourth-order valence-corrected chi connectivity index (χ4v) is 2.40. The van der Waals surface area contributed by atoms with Crippen LogP contribution in [-0.2, 0) is 10.3 Å². The van der Waals surface area contributed by atoms with Crippen molar-refractivity contribution in [3.8, 4) is 0 Å². The Labute approximate surface area is 110 Å². The molecule has 2 N–H and O–H groups in total. The highest BCUT2D eigenvalue weighted by molar-refractivity contribution is 5.80. The van der Waals surface area contributed by atoms with Crippen LogP contribution in [0.3, 0.4) is 0 Å². The molecule has 4 nitrogen and oxygen atoms in total. The van der Waals surface area contributed by atoms with Crippen LogP contribution in [0.25, 0.3) is 0 Å². The Balaban J connectivity index is 2.48. The first-order chi connectivity index (χ1) is 8.96. The number of carboxylic acids is 1. The van der Waals surface area contributed by atoms with Crippen LogP contribution in [0.4, 0.5) is 8.78 Å². The number of benzene rings is 1. The van der Waals surface area contributed by atoms with Gasteiger partial charge in [0.15, 0.2) is 0 Å². The summed E-state index contributed by atoms with van der Waals surface area (Å²) < 4.78 is 27.2. The quantitative estimate of drug-likeness (QED) is 0.865. The Morgan fingerprint density at radius 2 is 2.00 bits per heavy atom. The van der Waals surface area contributed by atoms with E-state index in [2.05, 4.69) is 5.32 Å². The van der Waals surface area contributed by atoms with E-state index in [1.807, 2.05) is 0 Å². The van der Waals surface area contributed by atoms with E-state index in [1.54, 1.807) is 4.90 Å². The summed E-state index contributed by atoms with van der Waals surface area (Å²) in [5, 5.41) is 12.6. The number of piperazine rings is 1. The summed E-state index contributed by atoms with van der Waals surface area (Å²) in [5.41, 5.74) is -1.70. The van der Waals surface area contributed by atoms with E-state index >= 15 is 0 Å². The predicted octanol–water partition coefficient (Wildman–Crippen LogP) is 1.17. The highest BCUT2D eigenvalue weighted by atomic mass is 19.1. The molecule has 19 heavy (non-hydrogen) atoms. The normalized spacial score (nSPS) is 19.9. The van der Waals surface area contributed by atoms with Gasteiger partial charge in [0.1, 0.15) is 17.2 Å². The lowest BCUT2D eigenvalue weighted by molar-refractivity contribution is -0.152. The predicted molar refractivity (Wildman–Crippen MR) is 65.8 cm³/mol. The lowest BCUT2D eigenvalue weighted by atomic mass is 9.88. The van der Waals surface area contributed by atoms with Crippen LogP contribution in [0, 0.1) is 11.6 Å². The maximum Gasteiger partial charge on any atom is 0.328 e. The number of hydrogen-bond acceptors (Lipinski definition) is 3. The number of aliphatic carboxylic acids is 1. The highest BCUT2D eigenvalue weighted by Gasteiger charge is 2.43. The zero-order valence-electron chi connectivity index (χ0n) is 10.6. The van der Waals surface area contributed by atoms with E-state index in [0.717, 1.165) is 18.2 Å². The van der Waals surface area contributed by atoms with Gasteiger partial charge in [-0.05, 0) is 25.1 Å². The van der Waals surface area contributed by atoms with Gasteiger partial charge in [-0.1, -0.05) is 0 Å². The van der Waals surface area contributed by atoms with Crippen molar-refractivity contribution in [1.82, 2.24) is 10.2 Å². The molecule has 1 aliphatic rings. The van der Waals surface area contributed by atoms with E-state index in [0.29, 0.717) is 26.2 Å². The molecule has 104 valence electrons. The van der Waals surface area contributed by atoms with Crippen LogP contribution in [0.15, 0.2) is 18.2 Å². The van der Waals surface area contributed by atoms with E-state index in [-0.39, 0.29) is 5.56 Å². The van der Waals surface area contributed by atoms with Crippen molar-refractivity contribution >= 4 is 5.97 Å². The Morgan fingerprint density at radius 1 is 1.37 bits per heavy atom. The third-order valence-corrected chi connectivity index (χ3v) is 3.62. The average molecular weight is 270 g/mol. The molecular weight excluding hydrogens is 254 g/mol. The van der Waals surface area contributed by atoms with Gasteiger partial charge in [0.05, 0.1) is 0 Å². The summed E-state index contributed by atoms with van der Waals surface area (Å²) in [6, 6.07) is 2.92. The molecule has 0 bridgehead atoms. The molecular formula is C13H16F2N2O2. The lowest BCUT2D eigenvalue weighted by Crippen LogP contribution is -2.57. The van der Waals surface area contributed by atoms with Gasteiger partial charge in [-0.25, -0.2) is 13.6 Å². The zero-order valence-corrected chi connectivity index (χ0v) is 10.6. The molecule has 0 aromatic heterocycles. The van der Waals surface area contributed by atoms with Crippen molar-refractivity contribution in [2.24, 2.45) is 0 Å². The molecule has 1 aromatic carbocycles. The molecule has 6 heteroatoms. The molecule has 1 atom stereocenters. The maximum absolute atomic E-state index is 13.9. The third-order valence-electron chi connectivity index (χ3n) is 3.62. The van der Waals surface area contributed by atoms with Crippen LogP contribution in [0.1, 0.15) is 12.5 Å². The van der Waals surface area contributed by atoms with Crippen molar-refractivity contribution in [1.29, 1.82) is 0 Å². The summed E-state index contributed by atoms with van der Waals surface area (Å²) in [6.45, 7) is 3.61. The molecule has 1 saturated heterocycles. The highest BCUT2D eigenvalue weighted by Crippen LogP contribution is 2.31. The second-order valence-electron chi connectivity index (χ2n) is 4.74. The van der Waals surface area contributed by atoms with Crippen LogP contribution in [-0.4, -0.2) is 42.2 Å². The Bertz CT molecular complexity index is 490. The topological polar surface area (TPSA) is 52.6 Å². The van der Waals surface area contributed by atoms with Gasteiger partial charge in [-0.15, -0.1) is 0 Å². The molecule has 0 radical (unpaired) electrons. The summed E-state index contributed by atoms with van der Waals surface area (Å²) in [6.07, 6.45) is 0. The summed E-state index contributed by atoms with van der Waals surface area (Å²) in [5.74, 6) is -2.53. The first-order valence-electron chi connectivity index (χ1n) is 6.11. The Morgan fingerprint density at radius 3 is 2.58 bits per heavy atom. The maximum atomic E-state index is 13.9. The largest absolute Gasteiger partial charge is 0.480 e. The van der Waals surface area contributed by atoms with Gasteiger partial charge in [-0.2, -0.15) is 0 Å². The van der Waals surface area contributed by atoms with Gasteiger partial charge < -0.3 is 10.4 Å². The minimum absolute atomic E-state index is 0.137. The number of nitrogens with zero attached hydrogens (tertiary/aromatic N) is 1. The summed E-state index contributed by atoms with van der Waals surface area (Å²) in [7, 11) is 0. The fraction of sp³-hybridized carbons (Fsp3) is 0.462. The minimum atomic E-state index is -1.56. The molecule has 1 aromatic rings. The molecule has 1 heterocycles. The second-order valence-corrected chi connectivity index (χ2v) is 4.74. The second kappa shape index (κ2) is 5.22. The van der Waals surface area contributed by atoms with E-state index in [9.17, 15) is 18.7 Å². The van der Waals surface area contributed by atoms with Gasteiger partial charge >= 0.3 is 5.97 Å². The third kappa shape index (κ3) is 2.46. The summed E-state index contributed by atoms with van der Waals surface area (Å²) in [4.78, 5) is 13.3.